The molecule has 3 nitrogen and oxygen atoms in total. The first-order valence-electron chi connectivity index (χ1n) is 5.41. The van der Waals surface area contributed by atoms with E-state index in [1.165, 1.54) is 0 Å². The minimum Gasteiger partial charge on any atom is -0.393 e. The van der Waals surface area contributed by atoms with Crippen molar-refractivity contribution < 1.29 is 5.11 Å². The predicted octanol–water partition coefficient (Wildman–Crippen LogP) is 2.27. The van der Waals surface area contributed by atoms with Crippen LogP contribution in [-0.4, -0.2) is 21.2 Å². The number of aliphatic hydroxyl groups is 1. The average molecular weight is 204 g/mol. The summed E-state index contributed by atoms with van der Waals surface area (Å²) in [5, 5.41) is 9.67. The molecule has 0 saturated heterocycles. The van der Waals surface area contributed by atoms with Gasteiger partial charge in [-0.25, -0.2) is 4.98 Å². The Morgan fingerprint density at radius 3 is 2.93 bits per heavy atom. The van der Waals surface area contributed by atoms with Crippen molar-refractivity contribution in [2.75, 3.05) is 0 Å². The first-order chi connectivity index (χ1) is 7.29. The predicted molar refractivity (Wildman–Crippen MR) is 60.7 cm³/mol. The fraction of sp³-hybridized carbons (Fsp3) is 0.417. The summed E-state index contributed by atoms with van der Waals surface area (Å²) >= 11 is 0. The number of aromatic nitrogens is 2. The maximum absolute atomic E-state index is 9.67. The molecule has 0 spiro atoms. The second kappa shape index (κ2) is 4.45. The van der Waals surface area contributed by atoms with Gasteiger partial charge >= 0.3 is 0 Å². The van der Waals surface area contributed by atoms with Crippen LogP contribution in [0.25, 0.3) is 11.0 Å². The van der Waals surface area contributed by atoms with E-state index < -0.39 is 0 Å². The van der Waals surface area contributed by atoms with Crippen molar-refractivity contribution in [1.29, 1.82) is 0 Å². The van der Waals surface area contributed by atoms with Gasteiger partial charge < -0.3 is 10.1 Å². The summed E-state index contributed by atoms with van der Waals surface area (Å²) in [5.41, 5.74) is 2.01. The van der Waals surface area contributed by atoms with Crippen LogP contribution >= 0.6 is 0 Å². The monoisotopic (exact) mass is 204 g/mol. The van der Waals surface area contributed by atoms with Crippen LogP contribution in [0, 0.1) is 0 Å². The summed E-state index contributed by atoms with van der Waals surface area (Å²) in [6.07, 6.45) is 2.16. The number of aliphatic hydroxyl groups excluding tert-OH is 1. The van der Waals surface area contributed by atoms with E-state index in [1.807, 2.05) is 24.3 Å². The van der Waals surface area contributed by atoms with Gasteiger partial charge in [0.15, 0.2) is 0 Å². The minimum absolute atomic E-state index is 0.282. The molecule has 0 fully saturated rings. The van der Waals surface area contributed by atoms with Gasteiger partial charge in [0.1, 0.15) is 5.82 Å². The zero-order chi connectivity index (χ0) is 10.7. The second-order valence-electron chi connectivity index (χ2n) is 3.85. The van der Waals surface area contributed by atoms with Gasteiger partial charge in [0.2, 0.25) is 0 Å². The lowest BCUT2D eigenvalue weighted by Crippen LogP contribution is -2.10. The summed E-state index contributed by atoms with van der Waals surface area (Å²) in [6.45, 7) is 2.07. The number of imidazole rings is 1. The smallest absolute Gasteiger partial charge is 0.109 e. The molecule has 2 rings (SSSR count). The molecule has 0 radical (unpaired) electrons. The summed E-state index contributed by atoms with van der Waals surface area (Å²) in [4.78, 5) is 7.63. The van der Waals surface area contributed by atoms with E-state index in [1.54, 1.807) is 0 Å². The van der Waals surface area contributed by atoms with Gasteiger partial charge in [0, 0.05) is 6.42 Å². The number of fused-ring (bicyclic) bond motifs is 1. The third kappa shape index (κ3) is 2.36. The number of H-pyrrole nitrogens is 1. The topological polar surface area (TPSA) is 48.9 Å². The Kier molecular flexibility index (Phi) is 3.02. The van der Waals surface area contributed by atoms with Crippen LogP contribution in [0.2, 0.25) is 0 Å². The van der Waals surface area contributed by atoms with Crippen LogP contribution in [0.3, 0.4) is 0 Å². The van der Waals surface area contributed by atoms with E-state index in [9.17, 15) is 5.11 Å². The highest BCUT2D eigenvalue weighted by atomic mass is 16.3. The molecular weight excluding hydrogens is 188 g/mol. The van der Waals surface area contributed by atoms with E-state index in [0.29, 0.717) is 6.42 Å². The lowest BCUT2D eigenvalue weighted by molar-refractivity contribution is 0.162. The third-order valence-corrected chi connectivity index (χ3v) is 2.49. The van der Waals surface area contributed by atoms with E-state index in [0.717, 1.165) is 29.7 Å². The number of para-hydroxylation sites is 2. The Morgan fingerprint density at radius 1 is 1.40 bits per heavy atom. The highest BCUT2D eigenvalue weighted by Gasteiger charge is 2.07. The first kappa shape index (κ1) is 10.2. The van der Waals surface area contributed by atoms with Crippen LogP contribution in [0.4, 0.5) is 0 Å². The van der Waals surface area contributed by atoms with E-state index in [-0.39, 0.29) is 6.10 Å². The van der Waals surface area contributed by atoms with Gasteiger partial charge in [-0.2, -0.15) is 0 Å². The Morgan fingerprint density at radius 2 is 2.20 bits per heavy atom. The van der Waals surface area contributed by atoms with Gasteiger partial charge in [0.25, 0.3) is 0 Å². The second-order valence-corrected chi connectivity index (χ2v) is 3.85. The van der Waals surface area contributed by atoms with E-state index in [2.05, 4.69) is 16.9 Å². The fourth-order valence-electron chi connectivity index (χ4n) is 1.76. The molecule has 0 aliphatic rings. The highest BCUT2D eigenvalue weighted by molar-refractivity contribution is 5.74. The molecule has 0 saturated carbocycles. The van der Waals surface area contributed by atoms with Crippen molar-refractivity contribution >= 4 is 11.0 Å². The standard InChI is InChI=1S/C12H16N2O/c1-2-5-9(15)8-12-13-10-6-3-4-7-11(10)14-12/h3-4,6-7,9,15H,2,5,8H2,1H3,(H,13,14). The van der Waals surface area contributed by atoms with Gasteiger partial charge in [-0.15, -0.1) is 0 Å². The molecule has 3 heteroatoms. The Hall–Kier alpha value is -1.35. The largest absolute Gasteiger partial charge is 0.393 e. The number of nitrogens with zero attached hydrogens (tertiary/aromatic N) is 1. The molecule has 0 bridgehead atoms. The van der Waals surface area contributed by atoms with Crippen LogP contribution in [0.5, 0.6) is 0 Å². The van der Waals surface area contributed by atoms with Crippen molar-refractivity contribution in [2.24, 2.45) is 0 Å². The summed E-state index contributed by atoms with van der Waals surface area (Å²) in [5.74, 6) is 0.872. The quantitative estimate of drug-likeness (QED) is 0.802. The molecule has 2 aromatic rings. The van der Waals surface area contributed by atoms with Gasteiger partial charge in [-0.3, -0.25) is 0 Å². The SMILES string of the molecule is CCCC(O)Cc1nc2ccccc2[nH]1. The number of nitrogens with one attached hydrogen (secondary N) is 1. The van der Waals surface area contributed by atoms with Crippen LogP contribution < -0.4 is 0 Å². The van der Waals surface area contributed by atoms with Crippen LogP contribution in [0.15, 0.2) is 24.3 Å². The molecule has 1 atom stereocenters. The zero-order valence-electron chi connectivity index (χ0n) is 8.90. The molecule has 80 valence electrons. The van der Waals surface area contributed by atoms with E-state index in [4.69, 9.17) is 0 Å². The lowest BCUT2D eigenvalue weighted by Gasteiger charge is -2.05. The minimum atomic E-state index is -0.282. The maximum atomic E-state index is 9.67. The third-order valence-electron chi connectivity index (χ3n) is 2.49. The van der Waals surface area contributed by atoms with Crippen molar-refractivity contribution in [3.63, 3.8) is 0 Å². The number of rotatable bonds is 4. The summed E-state index contributed by atoms with van der Waals surface area (Å²) in [6, 6.07) is 7.92. The molecule has 1 heterocycles. The highest BCUT2D eigenvalue weighted by Crippen LogP contribution is 2.12. The van der Waals surface area contributed by atoms with Crippen molar-refractivity contribution in [1.82, 2.24) is 9.97 Å². The number of aromatic amines is 1. The Balaban J connectivity index is 2.15. The molecule has 2 N–H and O–H groups in total. The van der Waals surface area contributed by atoms with E-state index >= 15 is 0 Å². The Bertz CT molecular complexity index is 403. The maximum Gasteiger partial charge on any atom is 0.109 e. The summed E-state index contributed by atoms with van der Waals surface area (Å²) < 4.78 is 0. The van der Waals surface area contributed by atoms with Crippen LogP contribution in [-0.2, 0) is 6.42 Å². The number of hydrogen-bond donors (Lipinski definition) is 2. The average Bonchev–Trinajstić information content (AvgIpc) is 2.59. The first-order valence-corrected chi connectivity index (χ1v) is 5.41. The number of benzene rings is 1. The normalized spacial score (nSPS) is 13.2. The molecular formula is C12H16N2O. The molecule has 0 aliphatic carbocycles. The Labute approximate surface area is 89.2 Å². The van der Waals surface area contributed by atoms with Gasteiger partial charge in [-0.1, -0.05) is 25.5 Å². The van der Waals surface area contributed by atoms with Crippen molar-refractivity contribution in [3.8, 4) is 0 Å². The molecule has 1 unspecified atom stereocenters. The lowest BCUT2D eigenvalue weighted by atomic mass is 10.1. The molecule has 0 amide bonds. The molecule has 1 aromatic heterocycles. The van der Waals surface area contributed by atoms with Gasteiger partial charge in [-0.05, 0) is 18.6 Å². The van der Waals surface area contributed by atoms with Crippen molar-refractivity contribution in [3.05, 3.63) is 30.1 Å². The number of hydrogen-bond acceptors (Lipinski definition) is 2. The molecule has 15 heavy (non-hydrogen) atoms. The fourth-order valence-corrected chi connectivity index (χ4v) is 1.76. The van der Waals surface area contributed by atoms with Gasteiger partial charge in [0.05, 0.1) is 17.1 Å². The molecule has 1 aromatic carbocycles. The van der Waals surface area contributed by atoms with Crippen molar-refractivity contribution in [2.45, 2.75) is 32.3 Å². The summed E-state index contributed by atoms with van der Waals surface area (Å²) in [7, 11) is 0. The zero-order valence-corrected chi connectivity index (χ0v) is 8.90. The molecule has 0 aliphatic heterocycles. The van der Waals surface area contributed by atoms with Crippen LogP contribution in [0.1, 0.15) is 25.6 Å².